The Hall–Kier alpha value is -1.91. The minimum absolute atomic E-state index is 0.0833. The minimum Gasteiger partial charge on any atom is -0.349 e. The molecule has 2 amide bonds. The fourth-order valence-corrected chi connectivity index (χ4v) is 7.26. The second-order valence-corrected chi connectivity index (χ2v) is 10.6. The fraction of sp³-hybridized carbons (Fsp3) is 0.720. The predicted octanol–water partition coefficient (Wildman–Crippen LogP) is 4.19. The molecule has 4 aliphatic carbocycles. The maximum atomic E-state index is 12.7. The summed E-state index contributed by atoms with van der Waals surface area (Å²) in [6.45, 7) is 4.26. The van der Waals surface area contributed by atoms with Gasteiger partial charge in [0, 0.05) is 18.3 Å². The number of carbonyl (C=O) groups is 2. The van der Waals surface area contributed by atoms with Crippen LogP contribution in [0.2, 0.25) is 0 Å². The number of hydrogen-bond acceptors (Lipinski definition) is 3. The molecular weight excluding hydrogens is 374 g/mol. The number of carbonyl (C=O) groups excluding carboxylic acids is 2. The van der Waals surface area contributed by atoms with E-state index in [4.69, 9.17) is 0 Å². The summed E-state index contributed by atoms with van der Waals surface area (Å²) >= 11 is 0. The van der Waals surface area contributed by atoms with Gasteiger partial charge in [0.1, 0.15) is 5.69 Å². The lowest BCUT2D eigenvalue weighted by molar-refractivity contribution is 0.0898. The zero-order chi connectivity index (χ0) is 20.8. The molecule has 4 aliphatic rings. The molecule has 0 aliphatic heterocycles. The first-order valence-electron chi connectivity index (χ1n) is 12.1. The third kappa shape index (κ3) is 3.76. The van der Waals surface area contributed by atoms with Crippen LogP contribution in [-0.4, -0.2) is 28.9 Å². The molecule has 0 unspecified atom stereocenters. The number of nitrogens with zero attached hydrogens (tertiary/aromatic N) is 1. The predicted molar refractivity (Wildman–Crippen MR) is 116 cm³/mol. The molecule has 4 saturated carbocycles. The Kier molecular flexibility index (Phi) is 5.32. The van der Waals surface area contributed by atoms with Crippen molar-refractivity contribution < 1.29 is 9.59 Å². The van der Waals surface area contributed by atoms with Gasteiger partial charge in [0.15, 0.2) is 0 Å². The Balaban J connectivity index is 1.15. The molecule has 1 aromatic rings. The summed E-state index contributed by atoms with van der Waals surface area (Å²) in [5.74, 6) is 4.31. The Morgan fingerprint density at radius 3 is 1.83 bits per heavy atom. The molecule has 5 nitrogen and oxygen atoms in total. The van der Waals surface area contributed by atoms with Gasteiger partial charge in [-0.3, -0.25) is 14.6 Å². The van der Waals surface area contributed by atoms with Crippen molar-refractivity contribution in [2.24, 2.45) is 35.5 Å². The van der Waals surface area contributed by atoms with Gasteiger partial charge < -0.3 is 10.6 Å². The molecule has 8 atom stereocenters. The van der Waals surface area contributed by atoms with Gasteiger partial charge in [-0.2, -0.15) is 0 Å². The summed E-state index contributed by atoms with van der Waals surface area (Å²) in [7, 11) is 0. The summed E-state index contributed by atoms with van der Waals surface area (Å²) in [5, 5.41) is 6.33. The highest BCUT2D eigenvalue weighted by atomic mass is 16.2. The first-order chi connectivity index (χ1) is 14.5. The number of fused-ring (bicyclic) bond motifs is 4. The molecule has 1 aromatic heterocycles. The SMILES string of the molecule is C[C@H](NC(=O)c1ccc(C(=O)N[C@H](C)[C@H]2C[C@H]3CC[C@H]2C3)nc1)[C@H]1C[C@H]2CC[C@H]1C2. The average molecular weight is 410 g/mol. The quantitative estimate of drug-likeness (QED) is 0.740. The van der Waals surface area contributed by atoms with E-state index >= 15 is 0 Å². The maximum Gasteiger partial charge on any atom is 0.270 e. The lowest BCUT2D eigenvalue weighted by Crippen LogP contribution is -2.41. The molecule has 5 heteroatoms. The number of pyridine rings is 1. The minimum atomic E-state index is -0.132. The van der Waals surface area contributed by atoms with Crippen molar-refractivity contribution >= 4 is 11.8 Å². The van der Waals surface area contributed by atoms with Crippen molar-refractivity contribution in [3.63, 3.8) is 0 Å². The van der Waals surface area contributed by atoms with Crippen molar-refractivity contribution in [1.29, 1.82) is 0 Å². The van der Waals surface area contributed by atoms with Gasteiger partial charge in [-0.05, 0) is 100 Å². The maximum absolute atomic E-state index is 12.7. The van der Waals surface area contributed by atoms with Gasteiger partial charge in [-0.1, -0.05) is 12.8 Å². The summed E-state index contributed by atoms with van der Waals surface area (Å²) in [6, 6.07) is 3.78. The van der Waals surface area contributed by atoms with Crippen molar-refractivity contribution in [3.8, 4) is 0 Å². The highest BCUT2D eigenvalue weighted by molar-refractivity contribution is 5.96. The Morgan fingerprint density at radius 1 is 0.833 bits per heavy atom. The number of amides is 2. The molecule has 2 N–H and O–H groups in total. The van der Waals surface area contributed by atoms with Gasteiger partial charge in [-0.15, -0.1) is 0 Å². The highest BCUT2D eigenvalue weighted by Crippen LogP contribution is 2.50. The normalized spacial score (nSPS) is 35.9. The monoisotopic (exact) mass is 409 g/mol. The first-order valence-corrected chi connectivity index (χ1v) is 12.1. The van der Waals surface area contributed by atoms with Crippen LogP contribution >= 0.6 is 0 Å². The third-order valence-electron chi connectivity index (χ3n) is 8.85. The third-order valence-corrected chi connectivity index (χ3v) is 8.85. The van der Waals surface area contributed by atoms with Crippen LogP contribution in [0.1, 0.15) is 86.1 Å². The largest absolute Gasteiger partial charge is 0.349 e. The van der Waals surface area contributed by atoms with E-state index in [2.05, 4.69) is 29.5 Å². The van der Waals surface area contributed by atoms with Crippen LogP contribution in [0.5, 0.6) is 0 Å². The second-order valence-electron chi connectivity index (χ2n) is 10.6. The lowest BCUT2D eigenvalue weighted by Gasteiger charge is -2.28. The van der Waals surface area contributed by atoms with E-state index in [0.29, 0.717) is 23.1 Å². The van der Waals surface area contributed by atoms with Gasteiger partial charge in [0.25, 0.3) is 11.8 Å². The summed E-state index contributed by atoms with van der Waals surface area (Å²) in [4.78, 5) is 29.6. The Bertz CT molecular complexity index is 740. The summed E-state index contributed by atoms with van der Waals surface area (Å²) in [5.41, 5.74) is 0.922. The molecule has 0 saturated heterocycles. The second kappa shape index (κ2) is 7.97. The van der Waals surface area contributed by atoms with Crippen LogP contribution in [-0.2, 0) is 0 Å². The molecule has 0 spiro atoms. The van der Waals surface area contributed by atoms with Crippen molar-refractivity contribution in [1.82, 2.24) is 15.6 Å². The van der Waals surface area contributed by atoms with Crippen LogP contribution in [0.3, 0.4) is 0 Å². The zero-order valence-electron chi connectivity index (χ0n) is 18.3. The fourth-order valence-electron chi connectivity index (χ4n) is 7.26. The number of rotatable bonds is 6. The molecule has 30 heavy (non-hydrogen) atoms. The Morgan fingerprint density at radius 2 is 1.40 bits per heavy atom. The standard InChI is InChI=1S/C25H35N3O2/c1-14(21-11-16-3-5-18(21)9-16)27-24(29)20-7-8-23(26-13-20)25(30)28-15(2)22-12-17-4-6-19(22)10-17/h7-8,13-19,21-22H,3-6,9-12H2,1-2H3,(H,27,29)(H,28,30)/t14-,15+,16-,17-,18-,19-,21+,22+/m0/s1. The van der Waals surface area contributed by atoms with Crippen LogP contribution in [0.25, 0.3) is 0 Å². The van der Waals surface area contributed by atoms with Gasteiger partial charge in [-0.25, -0.2) is 0 Å². The molecule has 4 bridgehead atoms. The Labute approximate surface area is 179 Å². The molecule has 0 radical (unpaired) electrons. The van der Waals surface area contributed by atoms with E-state index in [1.807, 2.05) is 0 Å². The van der Waals surface area contributed by atoms with Crippen LogP contribution < -0.4 is 10.6 Å². The summed E-state index contributed by atoms with van der Waals surface area (Å²) < 4.78 is 0. The van der Waals surface area contributed by atoms with E-state index < -0.39 is 0 Å². The van der Waals surface area contributed by atoms with Gasteiger partial charge in [0.05, 0.1) is 5.56 Å². The molecule has 162 valence electrons. The van der Waals surface area contributed by atoms with E-state index in [0.717, 1.165) is 23.7 Å². The highest BCUT2D eigenvalue weighted by Gasteiger charge is 2.43. The van der Waals surface area contributed by atoms with E-state index in [9.17, 15) is 9.59 Å². The average Bonchev–Trinajstić information content (AvgIpc) is 3.55. The van der Waals surface area contributed by atoms with E-state index in [1.165, 1.54) is 51.4 Å². The topological polar surface area (TPSA) is 71.1 Å². The molecule has 1 heterocycles. The van der Waals surface area contributed by atoms with Crippen LogP contribution in [0.15, 0.2) is 18.3 Å². The smallest absolute Gasteiger partial charge is 0.270 e. The van der Waals surface area contributed by atoms with Gasteiger partial charge >= 0.3 is 0 Å². The molecule has 0 aromatic carbocycles. The molecule has 5 rings (SSSR count). The van der Waals surface area contributed by atoms with E-state index in [1.54, 1.807) is 18.3 Å². The summed E-state index contributed by atoms with van der Waals surface area (Å²) in [6.07, 6.45) is 12.1. The molecular formula is C25H35N3O2. The first kappa shape index (κ1) is 20.0. The number of aromatic nitrogens is 1. The van der Waals surface area contributed by atoms with Crippen molar-refractivity contribution in [2.75, 3.05) is 0 Å². The molecule has 4 fully saturated rings. The van der Waals surface area contributed by atoms with Crippen molar-refractivity contribution in [3.05, 3.63) is 29.6 Å². The number of nitrogens with one attached hydrogen (secondary N) is 2. The van der Waals surface area contributed by atoms with Gasteiger partial charge in [0.2, 0.25) is 0 Å². The van der Waals surface area contributed by atoms with Crippen molar-refractivity contribution in [2.45, 2.75) is 77.3 Å². The zero-order valence-corrected chi connectivity index (χ0v) is 18.3. The number of hydrogen-bond donors (Lipinski definition) is 2. The van der Waals surface area contributed by atoms with Crippen LogP contribution in [0, 0.1) is 35.5 Å². The lowest BCUT2D eigenvalue weighted by atomic mass is 9.84. The van der Waals surface area contributed by atoms with Crippen LogP contribution in [0.4, 0.5) is 0 Å². The van der Waals surface area contributed by atoms with E-state index in [-0.39, 0.29) is 23.9 Å².